The van der Waals surface area contributed by atoms with E-state index in [0.717, 1.165) is 44.8 Å². The highest BCUT2D eigenvalue weighted by Gasteiger charge is 2.31. The first-order valence-electron chi connectivity index (χ1n) is 8.67. The highest BCUT2D eigenvalue weighted by atomic mass is 35.5. The molecule has 4 nitrogen and oxygen atoms in total. The lowest BCUT2D eigenvalue weighted by Crippen LogP contribution is -2.58. The lowest BCUT2D eigenvalue weighted by molar-refractivity contribution is -0.135. The predicted octanol–water partition coefficient (Wildman–Crippen LogP) is 3.62. The highest BCUT2D eigenvalue weighted by Crippen LogP contribution is 2.23. The van der Waals surface area contributed by atoms with Crippen molar-refractivity contribution in [3.63, 3.8) is 0 Å². The number of carbonyl (C=O) groups excluding carboxylic acids is 1. The van der Waals surface area contributed by atoms with E-state index in [1.165, 1.54) is 12.8 Å². The zero-order chi connectivity index (χ0) is 17.1. The summed E-state index contributed by atoms with van der Waals surface area (Å²) in [6.45, 7) is 5.99. The Kier molecular flexibility index (Phi) is 10.0. The van der Waals surface area contributed by atoms with Crippen LogP contribution in [0.3, 0.4) is 0 Å². The third-order valence-corrected chi connectivity index (χ3v) is 5.75. The highest BCUT2D eigenvalue weighted by molar-refractivity contribution is 6.42. The molecule has 1 amide bonds. The molecule has 2 saturated heterocycles. The number of benzene rings is 1. The van der Waals surface area contributed by atoms with E-state index in [2.05, 4.69) is 21.7 Å². The van der Waals surface area contributed by atoms with Gasteiger partial charge in [0.2, 0.25) is 5.91 Å². The van der Waals surface area contributed by atoms with Gasteiger partial charge in [-0.2, -0.15) is 0 Å². The van der Waals surface area contributed by atoms with Gasteiger partial charge in [-0.15, -0.1) is 24.8 Å². The molecular weight excluding hydrogens is 416 g/mol. The summed E-state index contributed by atoms with van der Waals surface area (Å²) in [7, 11) is 2.14. The number of likely N-dealkylation sites (N-methyl/N-ethyl adjacent to an activating group) is 1. The smallest absolute Gasteiger partial charge is 0.227 e. The maximum atomic E-state index is 12.9. The first-order chi connectivity index (χ1) is 11.5. The molecule has 0 saturated carbocycles. The molecule has 148 valence electrons. The average Bonchev–Trinajstić information content (AvgIpc) is 3.04. The van der Waals surface area contributed by atoms with Crippen LogP contribution in [0.2, 0.25) is 10.0 Å². The van der Waals surface area contributed by atoms with Gasteiger partial charge in [0, 0.05) is 26.2 Å². The van der Waals surface area contributed by atoms with Crippen LogP contribution in [0, 0.1) is 0 Å². The number of nitrogens with zero attached hydrogens (tertiary/aromatic N) is 3. The number of hydrogen-bond donors (Lipinski definition) is 0. The van der Waals surface area contributed by atoms with Gasteiger partial charge >= 0.3 is 0 Å². The Labute approximate surface area is 178 Å². The molecule has 0 radical (unpaired) electrons. The normalized spacial score (nSPS) is 21.2. The monoisotopic (exact) mass is 441 g/mol. The van der Waals surface area contributed by atoms with Crippen LogP contribution in [-0.2, 0) is 11.2 Å². The van der Waals surface area contributed by atoms with Gasteiger partial charge < -0.3 is 14.7 Å². The van der Waals surface area contributed by atoms with E-state index in [0.29, 0.717) is 16.5 Å². The van der Waals surface area contributed by atoms with Crippen molar-refractivity contribution in [2.45, 2.75) is 25.3 Å². The summed E-state index contributed by atoms with van der Waals surface area (Å²) >= 11 is 12.0. The number of carbonyl (C=O) groups is 1. The van der Waals surface area contributed by atoms with Crippen LogP contribution in [0.5, 0.6) is 0 Å². The Balaban J connectivity index is 0.00000169. The second-order valence-electron chi connectivity index (χ2n) is 6.94. The number of likely N-dealkylation sites (tertiary alicyclic amines) is 1. The molecule has 0 bridgehead atoms. The first-order valence-corrected chi connectivity index (χ1v) is 9.43. The molecule has 2 aliphatic rings. The van der Waals surface area contributed by atoms with E-state index < -0.39 is 0 Å². The minimum Gasteiger partial charge on any atom is -0.336 e. The molecule has 0 aromatic heterocycles. The van der Waals surface area contributed by atoms with Gasteiger partial charge in [0.15, 0.2) is 0 Å². The number of halogens is 4. The molecule has 1 aromatic rings. The molecule has 2 aliphatic heterocycles. The summed E-state index contributed by atoms with van der Waals surface area (Å²) in [5, 5.41) is 1.04. The largest absolute Gasteiger partial charge is 0.336 e. The Morgan fingerprint density at radius 1 is 1.08 bits per heavy atom. The van der Waals surface area contributed by atoms with Gasteiger partial charge in [-0.25, -0.2) is 0 Å². The Hall–Kier alpha value is -0.230. The van der Waals surface area contributed by atoms with Crippen molar-refractivity contribution < 1.29 is 4.79 Å². The van der Waals surface area contributed by atoms with E-state index in [-0.39, 0.29) is 36.8 Å². The van der Waals surface area contributed by atoms with Gasteiger partial charge in [0.1, 0.15) is 0 Å². The lowest BCUT2D eigenvalue weighted by atomic mass is 10.1. The van der Waals surface area contributed by atoms with Gasteiger partial charge in [-0.3, -0.25) is 4.79 Å². The maximum absolute atomic E-state index is 12.9. The van der Waals surface area contributed by atoms with Gasteiger partial charge in [-0.1, -0.05) is 29.3 Å². The minimum absolute atomic E-state index is 0. The summed E-state index contributed by atoms with van der Waals surface area (Å²) in [6, 6.07) is 5.72. The molecule has 8 heteroatoms. The topological polar surface area (TPSA) is 26.8 Å². The molecule has 2 heterocycles. The van der Waals surface area contributed by atoms with Crippen molar-refractivity contribution in [3.8, 4) is 0 Å². The summed E-state index contributed by atoms with van der Waals surface area (Å²) in [6.07, 6.45) is 2.94. The van der Waals surface area contributed by atoms with Crippen LogP contribution in [0.15, 0.2) is 18.2 Å². The summed E-state index contributed by atoms with van der Waals surface area (Å²) in [5.41, 5.74) is 0.924. The second kappa shape index (κ2) is 10.9. The van der Waals surface area contributed by atoms with Gasteiger partial charge in [0.25, 0.3) is 0 Å². The van der Waals surface area contributed by atoms with Crippen LogP contribution in [-0.4, -0.2) is 73.0 Å². The molecule has 2 fully saturated rings. The lowest BCUT2D eigenvalue weighted by Gasteiger charge is -2.41. The SMILES string of the molecule is CN1CCN(C(=O)Cc2ccc(Cl)c(Cl)c2)C(CN2CCCC2)C1.Cl.Cl. The van der Waals surface area contributed by atoms with Crippen LogP contribution < -0.4 is 0 Å². The molecule has 0 aliphatic carbocycles. The third kappa shape index (κ3) is 6.15. The third-order valence-electron chi connectivity index (χ3n) is 5.01. The molecular formula is C18H27Cl4N3O. The summed E-state index contributed by atoms with van der Waals surface area (Å²) < 4.78 is 0. The standard InChI is InChI=1S/C18H25Cl2N3O.2ClH/c1-21-8-9-23(15(12-21)13-22-6-2-3-7-22)18(24)11-14-4-5-16(19)17(20)10-14;;/h4-5,10,15H,2-3,6-9,11-13H2,1H3;2*1H. The number of hydrogen-bond acceptors (Lipinski definition) is 3. The zero-order valence-electron chi connectivity index (χ0n) is 15.0. The summed E-state index contributed by atoms with van der Waals surface area (Å²) in [4.78, 5) is 19.8. The molecule has 0 spiro atoms. The van der Waals surface area contributed by atoms with Crippen LogP contribution in [0.4, 0.5) is 0 Å². The van der Waals surface area contributed by atoms with Crippen molar-refractivity contribution in [2.24, 2.45) is 0 Å². The fourth-order valence-corrected chi connectivity index (χ4v) is 4.00. The molecule has 1 atom stereocenters. The van der Waals surface area contributed by atoms with E-state index in [9.17, 15) is 4.79 Å². The molecule has 3 rings (SSSR count). The molecule has 1 aromatic carbocycles. The van der Waals surface area contributed by atoms with Crippen molar-refractivity contribution >= 4 is 53.9 Å². The average molecular weight is 443 g/mol. The van der Waals surface area contributed by atoms with E-state index in [4.69, 9.17) is 23.2 Å². The van der Waals surface area contributed by atoms with Crippen LogP contribution in [0.1, 0.15) is 18.4 Å². The van der Waals surface area contributed by atoms with Crippen LogP contribution >= 0.6 is 48.0 Å². The van der Waals surface area contributed by atoms with Gasteiger partial charge in [-0.05, 0) is 50.7 Å². The maximum Gasteiger partial charge on any atom is 0.227 e. The van der Waals surface area contributed by atoms with Crippen molar-refractivity contribution in [1.29, 1.82) is 0 Å². The first kappa shape index (κ1) is 23.8. The fourth-order valence-electron chi connectivity index (χ4n) is 3.68. The van der Waals surface area contributed by atoms with E-state index in [1.54, 1.807) is 12.1 Å². The second-order valence-corrected chi connectivity index (χ2v) is 7.75. The van der Waals surface area contributed by atoms with E-state index >= 15 is 0 Å². The Morgan fingerprint density at radius 2 is 1.77 bits per heavy atom. The van der Waals surface area contributed by atoms with Crippen LogP contribution in [0.25, 0.3) is 0 Å². The quantitative estimate of drug-likeness (QED) is 0.712. The molecule has 26 heavy (non-hydrogen) atoms. The van der Waals surface area contributed by atoms with Gasteiger partial charge in [0.05, 0.1) is 22.5 Å². The molecule has 0 N–H and O–H groups in total. The van der Waals surface area contributed by atoms with Crippen molar-refractivity contribution in [3.05, 3.63) is 33.8 Å². The fraction of sp³-hybridized carbons (Fsp3) is 0.611. The van der Waals surface area contributed by atoms with E-state index in [1.807, 2.05) is 6.07 Å². The molecule has 1 unspecified atom stereocenters. The Bertz CT molecular complexity index is 596. The number of piperazine rings is 1. The number of rotatable bonds is 4. The number of amides is 1. The predicted molar refractivity (Wildman–Crippen MR) is 113 cm³/mol. The zero-order valence-corrected chi connectivity index (χ0v) is 18.1. The van der Waals surface area contributed by atoms with Crippen molar-refractivity contribution in [2.75, 3.05) is 46.3 Å². The minimum atomic E-state index is 0. The summed E-state index contributed by atoms with van der Waals surface area (Å²) in [5.74, 6) is 0.186. The van der Waals surface area contributed by atoms with Crippen molar-refractivity contribution in [1.82, 2.24) is 14.7 Å². The Morgan fingerprint density at radius 3 is 2.42 bits per heavy atom.